The number of ketones is 1. The molecule has 0 radical (unpaired) electrons. The van der Waals surface area contributed by atoms with Crippen LogP contribution in [0.1, 0.15) is 32.6 Å². The van der Waals surface area contributed by atoms with Crippen molar-refractivity contribution in [1.29, 1.82) is 0 Å². The highest BCUT2D eigenvalue weighted by Crippen LogP contribution is 2.24. The summed E-state index contributed by atoms with van der Waals surface area (Å²) in [6.07, 6.45) is 7.83. The second-order valence-corrected chi connectivity index (χ2v) is 3.77. The summed E-state index contributed by atoms with van der Waals surface area (Å²) in [5.74, 6) is 0.311. The Labute approximate surface area is 77.9 Å². The molecule has 1 rings (SSSR count). The summed E-state index contributed by atoms with van der Waals surface area (Å²) in [7, 11) is 0. The number of hydrogen-bond acceptors (Lipinski definition) is 2. The normalized spacial score (nSPS) is 15.9. The van der Waals surface area contributed by atoms with Gasteiger partial charge in [-0.05, 0) is 18.2 Å². The fraction of sp³-hybridized carbons (Fsp3) is 0.500. The topological polar surface area (TPSA) is 17.1 Å². The first kappa shape index (κ1) is 9.59. The quantitative estimate of drug-likeness (QED) is 0.663. The minimum Gasteiger partial charge on any atom is -0.294 e. The Morgan fingerprint density at radius 1 is 1.67 bits per heavy atom. The van der Waals surface area contributed by atoms with Crippen LogP contribution in [0, 0.1) is 0 Å². The molecule has 0 aliphatic carbocycles. The van der Waals surface area contributed by atoms with Crippen LogP contribution in [-0.4, -0.2) is 5.78 Å². The highest BCUT2D eigenvalue weighted by atomic mass is 32.2. The molecule has 0 fully saturated rings. The molecule has 66 valence electrons. The fourth-order valence-electron chi connectivity index (χ4n) is 1.04. The van der Waals surface area contributed by atoms with Crippen LogP contribution in [0.4, 0.5) is 0 Å². The second kappa shape index (κ2) is 5.20. The SMILES string of the molecule is CCCCC(=O)C1=CCC=CS1. The summed E-state index contributed by atoms with van der Waals surface area (Å²) in [6, 6.07) is 0. The van der Waals surface area contributed by atoms with Crippen molar-refractivity contribution in [2.45, 2.75) is 32.6 Å². The highest BCUT2D eigenvalue weighted by Gasteiger charge is 2.09. The molecule has 12 heavy (non-hydrogen) atoms. The van der Waals surface area contributed by atoms with Crippen LogP contribution in [0.25, 0.3) is 0 Å². The van der Waals surface area contributed by atoms with Crippen LogP contribution in [0.15, 0.2) is 22.5 Å². The predicted molar refractivity (Wildman–Crippen MR) is 54.0 cm³/mol. The number of allylic oxidation sites excluding steroid dienone is 3. The largest absolute Gasteiger partial charge is 0.294 e. The summed E-state index contributed by atoms with van der Waals surface area (Å²) >= 11 is 1.55. The third kappa shape index (κ3) is 2.86. The van der Waals surface area contributed by atoms with E-state index in [-0.39, 0.29) is 0 Å². The average molecular weight is 182 g/mol. The van der Waals surface area contributed by atoms with E-state index in [1.807, 2.05) is 11.5 Å². The van der Waals surface area contributed by atoms with Gasteiger partial charge < -0.3 is 0 Å². The lowest BCUT2D eigenvalue weighted by Crippen LogP contribution is -1.99. The van der Waals surface area contributed by atoms with Crippen LogP contribution in [-0.2, 0) is 4.79 Å². The zero-order chi connectivity index (χ0) is 8.81. The van der Waals surface area contributed by atoms with E-state index in [1.165, 1.54) is 0 Å². The molecule has 0 atom stereocenters. The number of rotatable bonds is 4. The Morgan fingerprint density at radius 3 is 3.08 bits per heavy atom. The van der Waals surface area contributed by atoms with Gasteiger partial charge in [0.2, 0.25) is 0 Å². The van der Waals surface area contributed by atoms with Crippen molar-refractivity contribution >= 4 is 17.5 Å². The van der Waals surface area contributed by atoms with E-state index in [2.05, 4.69) is 13.0 Å². The van der Waals surface area contributed by atoms with Gasteiger partial charge in [0.1, 0.15) is 0 Å². The molecule has 1 heterocycles. The zero-order valence-corrected chi connectivity index (χ0v) is 8.19. The molecule has 0 saturated heterocycles. The number of carbonyl (C=O) groups excluding carboxylic acids is 1. The molecular formula is C10H14OS. The molecule has 0 spiro atoms. The number of hydrogen-bond donors (Lipinski definition) is 0. The summed E-state index contributed by atoms with van der Waals surface area (Å²) in [6.45, 7) is 2.11. The number of unbranched alkanes of at least 4 members (excludes halogenated alkanes) is 1. The van der Waals surface area contributed by atoms with Gasteiger partial charge in [0.15, 0.2) is 5.78 Å². The third-order valence-corrected chi connectivity index (χ3v) is 2.74. The van der Waals surface area contributed by atoms with Gasteiger partial charge in [-0.3, -0.25) is 4.79 Å². The third-order valence-electron chi connectivity index (χ3n) is 1.76. The Balaban J connectivity index is 2.36. The molecule has 0 saturated carbocycles. The standard InChI is InChI=1S/C10H14OS/c1-2-3-6-9(11)10-7-4-5-8-12-10/h5,7-8H,2-4,6H2,1H3. The number of thioether (sulfide) groups is 1. The molecule has 0 amide bonds. The van der Waals surface area contributed by atoms with Crippen molar-refractivity contribution < 1.29 is 4.79 Å². The van der Waals surface area contributed by atoms with Gasteiger partial charge >= 0.3 is 0 Å². The lowest BCUT2D eigenvalue weighted by Gasteiger charge is -2.05. The Hall–Kier alpha value is -0.500. The Morgan fingerprint density at radius 2 is 2.50 bits per heavy atom. The van der Waals surface area contributed by atoms with Gasteiger partial charge in [-0.25, -0.2) is 0 Å². The van der Waals surface area contributed by atoms with Gasteiger partial charge in [-0.1, -0.05) is 37.3 Å². The average Bonchev–Trinajstić information content (AvgIpc) is 2.15. The van der Waals surface area contributed by atoms with Gasteiger partial charge in [0, 0.05) is 6.42 Å². The van der Waals surface area contributed by atoms with Crippen molar-refractivity contribution in [3.8, 4) is 0 Å². The van der Waals surface area contributed by atoms with Crippen LogP contribution in [0.3, 0.4) is 0 Å². The van der Waals surface area contributed by atoms with Crippen LogP contribution in [0.2, 0.25) is 0 Å². The van der Waals surface area contributed by atoms with Crippen molar-refractivity contribution in [3.05, 3.63) is 22.5 Å². The molecule has 1 nitrogen and oxygen atoms in total. The van der Waals surface area contributed by atoms with E-state index >= 15 is 0 Å². The number of Topliss-reactive ketones (excluding diaryl/α,β-unsaturated/α-hetero) is 1. The molecule has 0 aromatic heterocycles. The van der Waals surface area contributed by atoms with Gasteiger partial charge in [0.05, 0.1) is 4.91 Å². The first-order chi connectivity index (χ1) is 5.84. The maximum Gasteiger partial charge on any atom is 0.169 e. The van der Waals surface area contributed by atoms with E-state index < -0.39 is 0 Å². The van der Waals surface area contributed by atoms with Crippen LogP contribution in [0.5, 0.6) is 0 Å². The molecule has 0 aromatic rings. The van der Waals surface area contributed by atoms with Crippen molar-refractivity contribution in [3.63, 3.8) is 0 Å². The van der Waals surface area contributed by atoms with Crippen molar-refractivity contribution in [2.24, 2.45) is 0 Å². The van der Waals surface area contributed by atoms with Gasteiger partial charge in [0.25, 0.3) is 0 Å². The Bertz CT molecular complexity index is 216. The molecule has 1 aliphatic rings. The van der Waals surface area contributed by atoms with Gasteiger partial charge in [-0.15, -0.1) is 0 Å². The number of carbonyl (C=O) groups is 1. The minimum atomic E-state index is 0.311. The molecule has 0 aromatic carbocycles. The molecule has 2 heteroatoms. The molecule has 1 aliphatic heterocycles. The maximum atomic E-state index is 11.4. The first-order valence-corrected chi connectivity index (χ1v) is 5.27. The first-order valence-electron chi connectivity index (χ1n) is 4.39. The molecule has 0 unspecified atom stereocenters. The summed E-state index contributed by atoms with van der Waals surface area (Å²) in [5.41, 5.74) is 0. The Kier molecular flexibility index (Phi) is 4.15. The molecular weight excluding hydrogens is 168 g/mol. The van der Waals surface area contributed by atoms with E-state index in [0.29, 0.717) is 12.2 Å². The molecule has 0 bridgehead atoms. The monoisotopic (exact) mass is 182 g/mol. The molecule has 0 N–H and O–H groups in total. The van der Waals surface area contributed by atoms with Crippen LogP contribution >= 0.6 is 11.8 Å². The summed E-state index contributed by atoms with van der Waals surface area (Å²) < 4.78 is 0. The van der Waals surface area contributed by atoms with Gasteiger partial charge in [-0.2, -0.15) is 0 Å². The smallest absolute Gasteiger partial charge is 0.169 e. The van der Waals surface area contributed by atoms with Crippen molar-refractivity contribution in [2.75, 3.05) is 0 Å². The second-order valence-electron chi connectivity index (χ2n) is 2.82. The summed E-state index contributed by atoms with van der Waals surface area (Å²) in [4.78, 5) is 12.4. The zero-order valence-electron chi connectivity index (χ0n) is 7.38. The highest BCUT2D eigenvalue weighted by molar-refractivity contribution is 8.06. The predicted octanol–water partition coefficient (Wildman–Crippen LogP) is 3.28. The van der Waals surface area contributed by atoms with E-state index in [0.717, 1.165) is 24.2 Å². The minimum absolute atomic E-state index is 0.311. The lowest BCUT2D eigenvalue weighted by molar-refractivity contribution is -0.115. The fourth-order valence-corrected chi connectivity index (χ4v) is 1.82. The van der Waals surface area contributed by atoms with Crippen LogP contribution < -0.4 is 0 Å². The van der Waals surface area contributed by atoms with Crippen molar-refractivity contribution in [1.82, 2.24) is 0 Å². The maximum absolute atomic E-state index is 11.4. The summed E-state index contributed by atoms with van der Waals surface area (Å²) in [5, 5.41) is 2.00. The van der Waals surface area contributed by atoms with E-state index in [1.54, 1.807) is 11.8 Å². The van der Waals surface area contributed by atoms with E-state index in [9.17, 15) is 4.79 Å². The lowest BCUT2D eigenvalue weighted by atomic mass is 10.1. The van der Waals surface area contributed by atoms with E-state index in [4.69, 9.17) is 0 Å².